The van der Waals surface area contributed by atoms with Gasteiger partial charge in [0.1, 0.15) is 5.70 Å². The van der Waals surface area contributed by atoms with Crippen molar-refractivity contribution in [3.8, 4) is 11.5 Å². The Bertz CT molecular complexity index is 1070. The predicted octanol–water partition coefficient (Wildman–Crippen LogP) is 3.41. The first-order chi connectivity index (χ1) is 15.3. The molecule has 2 atom stereocenters. The van der Waals surface area contributed by atoms with Crippen molar-refractivity contribution in [2.75, 3.05) is 32.2 Å². The summed E-state index contributed by atoms with van der Waals surface area (Å²) in [5, 5.41) is 0. The molecule has 2 heterocycles. The molecular formula is C25H28N2O5. The van der Waals surface area contributed by atoms with Gasteiger partial charge in [0, 0.05) is 13.1 Å². The third-order valence-corrected chi connectivity index (χ3v) is 5.76. The second-order valence-corrected chi connectivity index (χ2v) is 8.24. The van der Waals surface area contributed by atoms with Crippen LogP contribution in [0.1, 0.15) is 25.0 Å². The molecule has 2 aromatic rings. The Morgan fingerprint density at radius 1 is 0.875 bits per heavy atom. The number of aryl methyl sites for hydroxylation is 1. The molecule has 0 radical (unpaired) electrons. The van der Waals surface area contributed by atoms with Gasteiger partial charge >= 0.3 is 0 Å². The number of methoxy groups -OCH3 is 2. The molecule has 2 unspecified atom stereocenters. The molecule has 0 N–H and O–H groups in total. The van der Waals surface area contributed by atoms with E-state index in [0.717, 1.165) is 5.56 Å². The second kappa shape index (κ2) is 8.67. The third kappa shape index (κ3) is 3.84. The fourth-order valence-corrected chi connectivity index (χ4v) is 4.35. The minimum Gasteiger partial charge on any atom is -0.493 e. The van der Waals surface area contributed by atoms with Crippen LogP contribution in [-0.2, 0) is 14.3 Å². The number of rotatable bonds is 5. The van der Waals surface area contributed by atoms with E-state index in [-0.39, 0.29) is 24.0 Å². The third-order valence-electron chi connectivity index (χ3n) is 5.76. The monoisotopic (exact) mass is 436 g/mol. The van der Waals surface area contributed by atoms with Gasteiger partial charge in [-0.2, -0.15) is 0 Å². The van der Waals surface area contributed by atoms with E-state index >= 15 is 0 Å². The topological polar surface area (TPSA) is 68.3 Å². The Morgan fingerprint density at radius 2 is 1.50 bits per heavy atom. The summed E-state index contributed by atoms with van der Waals surface area (Å²) in [5.41, 5.74) is 2.96. The van der Waals surface area contributed by atoms with E-state index in [1.54, 1.807) is 44.6 Å². The van der Waals surface area contributed by atoms with Gasteiger partial charge in [-0.3, -0.25) is 9.59 Å². The van der Waals surface area contributed by atoms with Gasteiger partial charge in [0.05, 0.1) is 37.7 Å². The summed E-state index contributed by atoms with van der Waals surface area (Å²) in [4.78, 5) is 30.6. The predicted molar refractivity (Wildman–Crippen MR) is 122 cm³/mol. The average Bonchev–Trinajstić information content (AvgIpc) is 3.03. The smallest absolute Gasteiger partial charge is 0.282 e. The van der Waals surface area contributed by atoms with E-state index in [9.17, 15) is 9.59 Å². The van der Waals surface area contributed by atoms with Crippen molar-refractivity contribution < 1.29 is 23.8 Å². The van der Waals surface area contributed by atoms with Crippen molar-refractivity contribution in [3.63, 3.8) is 0 Å². The van der Waals surface area contributed by atoms with Crippen molar-refractivity contribution in [2.24, 2.45) is 0 Å². The van der Waals surface area contributed by atoms with Crippen LogP contribution in [0.25, 0.3) is 5.57 Å². The number of hydrogen-bond donors (Lipinski definition) is 0. The molecule has 0 aliphatic carbocycles. The van der Waals surface area contributed by atoms with Gasteiger partial charge in [-0.15, -0.1) is 0 Å². The molecule has 1 fully saturated rings. The maximum absolute atomic E-state index is 13.7. The van der Waals surface area contributed by atoms with Gasteiger partial charge < -0.3 is 19.1 Å². The zero-order chi connectivity index (χ0) is 23.0. The summed E-state index contributed by atoms with van der Waals surface area (Å²) in [6.07, 6.45) is -0.122. The lowest BCUT2D eigenvalue weighted by atomic mass is 10.0. The minimum atomic E-state index is -0.354. The van der Waals surface area contributed by atoms with Gasteiger partial charge in [0.15, 0.2) is 11.5 Å². The van der Waals surface area contributed by atoms with Crippen LogP contribution in [0.5, 0.6) is 11.5 Å². The summed E-state index contributed by atoms with van der Waals surface area (Å²) >= 11 is 0. The Labute approximate surface area is 188 Å². The molecular weight excluding hydrogens is 408 g/mol. The largest absolute Gasteiger partial charge is 0.493 e. The molecule has 7 heteroatoms. The first kappa shape index (κ1) is 21.9. The van der Waals surface area contributed by atoms with Gasteiger partial charge in [-0.25, -0.2) is 4.90 Å². The Hall–Kier alpha value is -3.32. The summed E-state index contributed by atoms with van der Waals surface area (Å²) in [6.45, 7) is 6.96. The Morgan fingerprint density at radius 3 is 2.09 bits per heavy atom. The molecule has 2 aromatic carbocycles. The summed E-state index contributed by atoms with van der Waals surface area (Å²) < 4.78 is 16.7. The molecule has 4 rings (SSSR count). The lowest BCUT2D eigenvalue weighted by Crippen LogP contribution is -2.47. The van der Waals surface area contributed by atoms with Crippen LogP contribution in [0, 0.1) is 6.92 Å². The van der Waals surface area contributed by atoms with E-state index < -0.39 is 0 Å². The number of hydrogen-bond acceptors (Lipinski definition) is 6. The zero-order valence-electron chi connectivity index (χ0n) is 19.0. The molecule has 0 bridgehead atoms. The second-order valence-electron chi connectivity index (χ2n) is 8.24. The number of imide groups is 1. The van der Waals surface area contributed by atoms with Crippen LogP contribution in [0.3, 0.4) is 0 Å². The number of morpholine rings is 1. The van der Waals surface area contributed by atoms with Crippen molar-refractivity contribution in [1.29, 1.82) is 0 Å². The number of carbonyl (C=O) groups is 2. The fraction of sp³-hybridized carbons (Fsp3) is 0.360. The van der Waals surface area contributed by atoms with Crippen LogP contribution in [-0.4, -0.2) is 56.2 Å². The lowest BCUT2D eigenvalue weighted by molar-refractivity contribution is -0.121. The van der Waals surface area contributed by atoms with E-state index in [1.807, 2.05) is 37.8 Å². The number of carbonyl (C=O) groups excluding carboxylic acids is 2. The highest BCUT2D eigenvalue weighted by atomic mass is 16.5. The van der Waals surface area contributed by atoms with Crippen molar-refractivity contribution in [3.05, 3.63) is 59.3 Å². The van der Waals surface area contributed by atoms with E-state index in [0.29, 0.717) is 47.1 Å². The van der Waals surface area contributed by atoms with Gasteiger partial charge in [-0.1, -0.05) is 23.8 Å². The first-order valence-electron chi connectivity index (χ1n) is 10.7. The number of anilines is 1. The van der Waals surface area contributed by atoms with E-state index in [1.165, 1.54) is 4.90 Å². The normalized spacial score (nSPS) is 21.4. The zero-order valence-corrected chi connectivity index (χ0v) is 19.0. The van der Waals surface area contributed by atoms with Crippen LogP contribution in [0.15, 0.2) is 48.2 Å². The molecule has 0 spiro atoms. The molecule has 2 amide bonds. The Balaban J connectivity index is 1.86. The van der Waals surface area contributed by atoms with Gasteiger partial charge in [-0.05, 0) is 50.6 Å². The van der Waals surface area contributed by atoms with E-state index in [2.05, 4.69) is 0 Å². The number of nitrogens with zero attached hydrogens (tertiary/aromatic N) is 2. The molecule has 2 aliphatic rings. The van der Waals surface area contributed by atoms with Crippen LogP contribution < -0.4 is 14.4 Å². The van der Waals surface area contributed by atoms with Gasteiger partial charge in [0.2, 0.25) is 0 Å². The molecule has 1 saturated heterocycles. The highest BCUT2D eigenvalue weighted by Crippen LogP contribution is 2.38. The van der Waals surface area contributed by atoms with Crippen molar-refractivity contribution in [2.45, 2.75) is 33.0 Å². The molecule has 32 heavy (non-hydrogen) atoms. The highest BCUT2D eigenvalue weighted by molar-refractivity contribution is 6.45. The van der Waals surface area contributed by atoms with Crippen LogP contribution in [0.2, 0.25) is 0 Å². The Kier molecular flexibility index (Phi) is 5.93. The number of benzene rings is 2. The quantitative estimate of drug-likeness (QED) is 0.670. The van der Waals surface area contributed by atoms with Gasteiger partial charge in [0.25, 0.3) is 11.8 Å². The highest BCUT2D eigenvalue weighted by Gasteiger charge is 2.44. The van der Waals surface area contributed by atoms with E-state index in [4.69, 9.17) is 14.2 Å². The standard InChI is InChI=1S/C25H28N2O5/c1-15-6-9-19(10-7-15)27-24(28)22(18-8-11-20(30-4)21(12-18)31-5)23(25(27)29)26-13-16(2)32-17(3)14-26/h6-12,16-17H,13-14H2,1-5H3. The van der Waals surface area contributed by atoms with Crippen molar-refractivity contribution in [1.82, 2.24) is 4.90 Å². The van der Waals surface area contributed by atoms with Crippen LogP contribution in [0.4, 0.5) is 5.69 Å². The maximum atomic E-state index is 13.7. The summed E-state index contributed by atoms with van der Waals surface area (Å²) in [5.74, 6) is 0.367. The maximum Gasteiger partial charge on any atom is 0.282 e. The fourth-order valence-electron chi connectivity index (χ4n) is 4.35. The summed E-state index contributed by atoms with van der Waals surface area (Å²) in [7, 11) is 3.10. The number of ether oxygens (including phenoxy) is 3. The van der Waals surface area contributed by atoms with Crippen LogP contribution >= 0.6 is 0 Å². The SMILES string of the molecule is COc1ccc(C2=C(N3CC(C)OC(C)C3)C(=O)N(c3ccc(C)cc3)C2=O)cc1OC. The first-order valence-corrected chi connectivity index (χ1v) is 10.7. The minimum absolute atomic E-state index is 0.0609. The molecule has 2 aliphatic heterocycles. The molecule has 7 nitrogen and oxygen atoms in total. The lowest BCUT2D eigenvalue weighted by Gasteiger charge is -2.37. The average molecular weight is 437 g/mol. The molecule has 0 saturated carbocycles. The number of amides is 2. The molecule has 0 aromatic heterocycles. The summed E-state index contributed by atoms with van der Waals surface area (Å²) in [6, 6.07) is 12.6. The van der Waals surface area contributed by atoms with Crippen molar-refractivity contribution >= 4 is 23.1 Å². The molecule has 168 valence electrons.